The minimum Gasteiger partial charge on any atom is -0.497 e. The topological polar surface area (TPSA) is 128 Å². The second kappa shape index (κ2) is 10.2. The lowest BCUT2D eigenvalue weighted by molar-refractivity contribution is 0.367. The molecule has 0 spiro atoms. The van der Waals surface area contributed by atoms with Crippen LogP contribution in [-0.2, 0) is 13.5 Å². The second-order valence-corrected chi connectivity index (χ2v) is 7.21. The minimum atomic E-state index is 0.0612. The molecule has 0 N–H and O–H groups in total. The van der Waals surface area contributed by atoms with E-state index in [4.69, 9.17) is 18.9 Å². The summed E-state index contributed by atoms with van der Waals surface area (Å²) in [5.74, 6) is 2.69. The van der Waals surface area contributed by atoms with Gasteiger partial charge in [0.2, 0.25) is 5.75 Å². The fraction of sp³-hybridized carbons (Fsp3) is 0.160. The van der Waals surface area contributed by atoms with Gasteiger partial charge in [-0.1, -0.05) is 6.92 Å². The van der Waals surface area contributed by atoms with E-state index in [-0.39, 0.29) is 11.9 Å². The van der Waals surface area contributed by atoms with E-state index in [2.05, 4.69) is 15.1 Å². The molecule has 0 fully saturated rings. The molecule has 0 aliphatic rings. The molecule has 2 aromatic heterocycles. The van der Waals surface area contributed by atoms with Crippen LogP contribution in [0, 0.1) is 22.7 Å². The smallest absolute Gasteiger partial charge is 0.323 e. The Morgan fingerprint density at radius 1 is 0.829 bits per heavy atom. The molecule has 0 unspecified atom stereocenters. The molecule has 0 saturated heterocycles. The predicted octanol–water partition coefficient (Wildman–Crippen LogP) is 4.90. The molecule has 10 heteroatoms. The van der Waals surface area contributed by atoms with Crippen LogP contribution in [0.25, 0.3) is 0 Å². The van der Waals surface area contributed by atoms with Gasteiger partial charge in [0.25, 0.3) is 5.88 Å². The van der Waals surface area contributed by atoms with E-state index in [1.165, 1.54) is 23.1 Å². The molecule has 2 aromatic carbocycles. The first-order valence-electron chi connectivity index (χ1n) is 10.5. The number of nitrogens with zero attached hydrogens (tertiary/aromatic N) is 6. The van der Waals surface area contributed by atoms with Gasteiger partial charge in [-0.3, -0.25) is 0 Å². The Balaban J connectivity index is 1.56. The molecule has 0 saturated carbocycles. The summed E-state index contributed by atoms with van der Waals surface area (Å²) in [6, 6.07) is 15.8. The van der Waals surface area contributed by atoms with Gasteiger partial charge in [0.05, 0.1) is 42.8 Å². The average molecular weight is 468 g/mol. The van der Waals surface area contributed by atoms with Crippen molar-refractivity contribution in [1.82, 2.24) is 19.7 Å². The van der Waals surface area contributed by atoms with E-state index in [1.807, 2.05) is 19.1 Å². The molecule has 0 radical (unpaired) electrons. The first kappa shape index (κ1) is 23.1. The van der Waals surface area contributed by atoms with Crippen molar-refractivity contribution in [1.29, 1.82) is 10.5 Å². The first-order valence-corrected chi connectivity index (χ1v) is 10.5. The van der Waals surface area contributed by atoms with Crippen molar-refractivity contribution in [3.63, 3.8) is 0 Å². The number of aryl methyl sites for hydroxylation is 2. The van der Waals surface area contributed by atoms with Crippen LogP contribution in [0.2, 0.25) is 0 Å². The fourth-order valence-corrected chi connectivity index (χ4v) is 3.17. The van der Waals surface area contributed by atoms with E-state index in [9.17, 15) is 10.5 Å². The van der Waals surface area contributed by atoms with Crippen LogP contribution in [0.4, 0.5) is 0 Å². The van der Waals surface area contributed by atoms with Gasteiger partial charge >= 0.3 is 6.01 Å². The molecule has 0 aliphatic carbocycles. The van der Waals surface area contributed by atoms with Crippen LogP contribution in [0.3, 0.4) is 0 Å². The lowest BCUT2D eigenvalue weighted by Crippen LogP contribution is -1.99. The Labute approximate surface area is 201 Å². The quantitative estimate of drug-likeness (QED) is 0.354. The number of ether oxygens (including phenoxy) is 4. The standard InChI is InChI=1S/C25H20N6O4/c1-4-22-23(34-20-10-16(12-26)9-17(11-20)13-27)24(31(2)30-22)35-25-28-14-21(15-29-25)33-19-7-5-18(32-3)6-8-19/h5-11,14-15H,4H2,1-3H3. The Morgan fingerprint density at radius 3 is 2.03 bits per heavy atom. The van der Waals surface area contributed by atoms with Gasteiger partial charge in [-0.2, -0.15) is 25.6 Å². The van der Waals surface area contributed by atoms with E-state index >= 15 is 0 Å². The van der Waals surface area contributed by atoms with Crippen LogP contribution in [0.15, 0.2) is 54.9 Å². The molecule has 4 rings (SSSR count). The number of rotatable bonds is 8. The van der Waals surface area contributed by atoms with Crippen LogP contribution in [0.1, 0.15) is 23.7 Å². The maximum atomic E-state index is 9.25. The normalized spacial score (nSPS) is 10.2. The Kier molecular flexibility index (Phi) is 6.75. The van der Waals surface area contributed by atoms with Crippen LogP contribution in [0.5, 0.6) is 40.6 Å². The summed E-state index contributed by atoms with van der Waals surface area (Å²) in [5.41, 5.74) is 1.24. The molecule has 2 heterocycles. The molecular weight excluding hydrogens is 448 g/mol. The Morgan fingerprint density at radius 2 is 1.46 bits per heavy atom. The predicted molar refractivity (Wildman–Crippen MR) is 124 cm³/mol. The summed E-state index contributed by atoms with van der Waals surface area (Å²) in [7, 11) is 3.30. The highest BCUT2D eigenvalue weighted by Gasteiger charge is 2.21. The van der Waals surface area contributed by atoms with Crippen molar-refractivity contribution in [2.24, 2.45) is 7.05 Å². The zero-order valence-corrected chi connectivity index (χ0v) is 19.2. The third kappa shape index (κ3) is 5.29. The highest BCUT2D eigenvalue weighted by atomic mass is 16.5. The maximum absolute atomic E-state index is 9.25. The van der Waals surface area contributed by atoms with Crippen molar-refractivity contribution in [2.45, 2.75) is 13.3 Å². The average Bonchev–Trinajstić information content (AvgIpc) is 3.19. The largest absolute Gasteiger partial charge is 0.497 e. The number of hydrogen-bond donors (Lipinski definition) is 0. The minimum absolute atomic E-state index is 0.0612. The van der Waals surface area contributed by atoms with E-state index < -0.39 is 0 Å². The summed E-state index contributed by atoms with van der Waals surface area (Å²) in [6.07, 6.45) is 3.53. The van der Waals surface area contributed by atoms with Crippen molar-refractivity contribution in [2.75, 3.05) is 7.11 Å². The number of benzene rings is 2. The molecule has 0 atom stereocenters. The molecule has 10 nitrogen and oxygen atoms in total. The fourth-order valence-electron chi connectivity index (χ4n) is 3.17. The van der Waals surface area contributed by atoms with Crippen LogP contribution < -0.4 is 18.9 Å². The Bertz CT molecular complexity index is 1380. The van der Waals surface area contributed by atoms with Crippen LogP contribution >= 0.6 is 0 Å². The summed E-state index contributed by atoms with van der Waals surface area (Å²) >= 11 is 0. The molecule has 35 heavy (non-hydrogen) atoms. The number of hydrogen-bond acceptors (Lipinski definition) is 9. The SMILES string of the molecule is CCc1nn(C)c(Oc2ncc(Oc3ccc(OC)cc3)cn2)c1Oc1cc(C#N)cc(C#N)c1. The van der Waals surface area contributed by atoms with Crippen LogP contribution in [-0.4, -0.2) is 26.9 Å². The third-order valence-corrected chi connectivity index (χ3v) is 4.83. The van der Waals surface area contributed by atoms with Gasteiger partial charge in [0, 0.05) is 7.05 Å². The highest BCUT2D eigenvalue weighted by molar-refractivity contribution is 5.49. The van der Waals surface area contributed by atoms with Crippen molar-refractivity contribution in [3.05, 3.63) is 71.7 Å². The molecule has 174 valence electrons. The van der Waals surface area contributed by atoms with Gasteiger partial charge in [-0.05, 0) is 48.9 Å². The summed E-state index contributed by atoms with van der Waals surface area (Å²) in [6.45, 7) is 1.92. The number of methoxy groups -OCH3 is 1. The van der Waals surface area contributed by atoms with Crippen molar-refractivity contribution < 1.29 is 18.9 Å². The van der Waals surface area contributed by atoms with E-state index in [0.29, 0.717) is 46.2 Å². The highest BCUT2D eigenvalue weighted by Crippen LogP contribution is 2.37. The zero-order valence-electron chi connectivity index (χ0n) is 19.2. The van der Waals surface area contributed by atoms with E-state index in [0.717, 1.165) is 5.75 Å². The molecule has 0 amide bonds. The lowest BCUT2D eigenvalue weighted by Gasteiger charge is -2.10. The van der Waals surface area contributed by atoms with Crippen molar-refractivity contribution >= 4 is 0 Å². The molecular formula is C25H20N6O4. The first-order chi connectivity index (χ1) is 17.0. The summed E-state index contributed by atoms with van der Waals surface area (Å²) < 4.78 is 24.3. The number of nitriles is 2. The maximum Gasteiger partial charge on any atom is 0.323 e. The van der Waals surface area contributed by atoms with Gasteiger partial charge < -0.3 is 18.9 Å². The van der Waals surface area contributed by atoms with Crippen molar-refractivity contribution in [3.8, 4) is 52.8 Å². The monoisotopic (exact) mass is 468 g/mol. The van der Waals surface area contributed by atoms with Gasteiger partial charge in [0.15, 0.2) is 5.75 Å². The third-order valence-electron chi connectivity index (χ3n) is 4.83. The van der Waals surface area contributed by atoms with E-state index in [1.54, 1.807) is 50.6 Å². The summed E-state index contributed by atoms with van der Waals surface area (Å²) in [5, 5.41) is 22.9. The second-order valence-electron chi connectivity index (χ2n) is 7.21. The Hall–Kier alpha value is -5.09. The zero-order chi connectivity index (χ0) is 24.8. The lowest BCUT2D eigenvalue weighted by atomic mass is 10.1. The molecule has 0 bridgehead atoms. The summed E-state index contributed by atoms with van der Waals surface area (Å²) in [4.78, 5) is 8.43. The number of aromatic nitrogens is 4. The molecule has 0 aliphatic heterocycles. The molecule has 4 aromatic rings. The van der Waals surface area contributed by atoms with Gasteiger partial charge in [-0.15, -0.1) is 0 Å². The van der Waals surface area contributed by atoms with Gasteiger partial charge in [0.1, 0.15) is 22.9 Å². The van der Waals surface area contributed by atoms with Gasteiger partial charge in [-0.25, -0.2) is 4.68 Å².